The zero-order valence-corrected chi connectivity index (χ0v) is 18.5. The van der Waals surface area contributed by atoms with Crippen LogP contribution in [0.1, 0.15) is 28.6 Å². The Hall–Kier alpha value is -3.93. The second kappa shape index (κ2) is 9.47. The largest absolute Gasteiger partial charge is 0.467 e. The lowest BCUT2D eigenvalue weighted by Crippen LogP contribution is -2.29. The normalized spacial score (nSPS) is 10.7. The first-order chi connectivity index (χ1) is 15.6. The van der Waals surface area contributed by atoms with Crippen molar-refractivity contribution in [3.05, 3.63) is 96.1 Å². The molecule has 0 bridgehead atoms. The zero-order valence-electron chi connectivity index (χ0n) is 18.5. The summed E-state index contributed by atoms with van der Waals surface area (Å²) in [5.74, 6) is 1.72. The van der Waals surface area contributed by atoms with Gasteiger partial charge in [-0.15, -0.1) is 0 Å². The van der Waals surface area contributed by atoms with Gasteiger partial charge in [-0.1, -0.05) is 42.5 Å². The van der Waals surface area contributed by atoms with Crippen LogP contribution in [0.4, 0.5) is 11.5 Å². The van der Waals surface area contributed by atoms with Gasteiger partial charge in [-0.25, -0.2) is 9.97 Å². The highest BCUT2D eigenvalue weighted by molar-refractivity contribution is 5.99. The van der Waals surface area contributed by atoms with Gasteiger partial charge in [0, 0.05) is 31.0 Å². The summed E-state index contributed by atoms with van der Waals surface area (Å²) < 4.78 is 5.41. The number of hydrogen-bond acceptors (Lipinski definition) is 5. The fourth-order valence-corrected chi connectivity index (χ4v) is 3.62. The minimum absolute atomic E-state index is 0.165. The number of benzene rings is 2. The Labute approximate surface area is 188 Å². The number of carbonyl (C=O) groups is 1. The number of amides is 1. The maximum Gasteiger partial charge on any atom is 0.259 e. The number of aromatic nitrogens is 2. The molecule has 0 saturated heterocycles. The van der Waals surface area contributed by atoms with E-state index in [0.717, 1.165) is 22.6 Å². The van der Waals surface area contributed by atoms with Crippen molar-refractivity contribution in [1.29, 1.82) is 0 Å². The Morgan fingerprint density at radius 1 is 1.03 bits per heavy atom. The molecule has 0 spiro atoms. The van der Waals surface area contributed by atoms with E-state index in [1.54, 1.807) is 24.4 Å². The molecule has 0 unspecified atom stereocenters. The summed E-state index contributed by atoms with van der Waals surface area (Å²) in [5.41, 5.74) is 3.47. The van der Waals surface area contributed by atoms with Crippen molar-refractivity contribution in [2.75, 3.05) is 18.5 Å². The van der Waals surface area contributed by atoms with Crippen LogP contribution in [-0.2, 0) is 6.54 Å². The standard InChI is InChI=1S/C26H26N4O2/c1-4-30(21-13-8-10-19(2)16-21)25-23(26(31)29(3)18-22-14-9-15-32-22)17-27-24(28-25)20-11-6-5-7-12-20/h5-17H,4,18H2,1-3H3. The Morgan fingerprint density at radius 2 is 1.84 bits per heavy atom. The summed E-state index contributed by atoms with van der Waals surface area (Å²) in [7, 11) is 1.75. The first-order valence-electron chi connectivity index (χ1n) is 10.6. The molecular formula is C26H26N4O2. The summed E-state index contributed by atoms with van der Waals surface area (Å²) in [6.45, 7) is 5.11. The van der Waals surface area contributed by atoms with Crippen LogP contribution in [0.2, 0.25) is 0 Å². The van der Waals surface area contributed by atoms with Gasteiger partial charge in [0.15, 0.2) is 5.82 Å². The minimum Gasteiger partial charge on any atom is -0.467 e. The maximum absolute atomic E-state index is 13.4. The molecule has 0 aliphatic rings. The summed E-state index contributed by atoms with van der Waals surface area (Å²) >= 11 is 0. The predicted octanol–water partition coefficient (Wildman–Crippen LogP) is 5.48. The fourth-order valence-electron chi connectivity index (χ4n) is 3.62. The quantitative estimate of drug-likeness (QED) is 0.392. The molecule has 0 N–H and O–H groups in total. The van der Waals surface area contributed by atoms with Crippen molar-refractivity contribution in [1.82, 2.24) is 14.9 Å². The predicted molar refractivity (Wildman–Crippen MR) is 126 cm³/mol. The average Bonchev–Trinajstić information content (AvgIpc) is 3.33. The molecule has 4 aromatic rings. The molecule has 0 aliphatic heterocycles. The highest BCUT2D eigenvalue weighted by Crippen LogP contribution is 2.30. The molecule has 2 heterocycles. The van der Waals surface area contributed by atoms with Gasteiger partial charge in [0.25, 0.3) is 5.91 Å². The summed E-state index contributed by atoms with van der Waals surface area (Å²) in [5, 5.41) is 0. The number of furan rings is 1. The molecule has 6 heteroatoms. The second-order valence-corrected chi connectivity index (χ2v) is 7.62. The molecule has 4 rings (SSSR count). The van der Waals surface area contributed by atoms with Crippen LogP contribution >= 0.6 is 0 Å². The van der Waals surface area contributed by atoms with Crippen LogP contribution in [-0.4, -0.2) is 34.4 Å². The van der Waals surface area contributed by atoms with Crippen LogP contribution in [0.25, 0.3) is 11.4 Å². The molecule has 1 amide bonds. The Kier molecular flexibility index (Phi) is 6.31. The highest BCUT2D eigenvalue weighted by Gasteiger charge is 2.24. The van der Waals surface area contributed by atoms with Crippen LogP contribution in [0, 0.1) is 6.92 Å². The molecule has 0 aliphatic carbocycles. The number of hydrogen-bond donors (Lipinski definition) is 0. The molecule has 6 nitrogen and oxygen atoms in total. The third kappa shape index (κ3) is 4.54. The zero-order chi connectivity index (χ0) is 22.5. The minimum atomic E-state index is -0.165. The van der Waals surface area contributed by atoms with Gasteiger partial charge in [0.1, 0.15) is 17.1 Å². The summed E-state index contributed by atoms with van der Waals surface area (Å²) in [4.78, 5) is 26.5. The highest BCUT2D eigenvalue weighted by atomic mass is 16.3. The number of carbonyl (C=O) groups excluding carboxylic acids is 1. The SMILES string of the molecule is CCN(c1cccc(C)c1)c1nc(-c2ccccc2)ncc1C(=O)N(C)Cc1ccco1. The molecule has 32 heavy (non-hydrogen) atoms. The lowest BCUT2D eigenvalue weighted by Gasteiger charge is -2.26. The molecule has 162 valence electrons. The molecule has 2 aromatic heterocycles. The Bertz CT molecular complexity index is 1190. The number of aryl methyl sites for hydroxylation is 1. The molecule has 0 atom stereocenters. The molecular weight excluding hydrogens is 400 g/mol. The summed E-state index contributed by atoms with van der Waals surface area (Å²) in [6, 6.07) is 21.6. The van der Waals surface area contributed by atoms with Gasteiger partial charge in [0.05, 0.1) is 12.8 Å². The maximum atomic E-state index is 13.4. The first-order valence-corrected chi connectivity index (χ1v) is 10.6. The van der Waals surface area contributed by atoms with Gasteiger partial charge in [-0.2, -0.15) is 0 Å². The van der Waals surface area contributed by atoms with Gasteiger partial charge in [0.2, 0.25) is 0 Å². The molecule has 0 radical (unpaired) electrons. The van der Waals surface area contributed by atoms with Gasteiger partial charge >= 0.3 is 0 Å². The topological polar surface area (TPSA) is 62.5 Å². The second-order valence-electron chi connectivity index (χ2n) is 7.62. The summed E-state index contributed by atoms with van der Waals surface area (Å²) in [6.07, 6.45) is 3.23. The lowest BCUT2D eigenvalue weighted by molar-refractivity contribution is 0.0775. The van der Waals surface area contributed by atoms with E-state index < -0.39 is 0 Å². The molecule has 0 saturated carbocycles. The van der Waals surface area contributed by atoms with E-state index in [1.165, 1.54) is 0 Å². The Balaban J connectivity index is 1.79. The first kappa shape index (κ1) is 21.3. The third-order valence-corrected chi connectivity index (χ3v) is 5.24. The van der Waals surface area contributed by atoms with E-state index in [0.29, 0.717) is 30.3 Å². The average molecular weight is 427 g/mol. The van der Waals surface area contributed by atoms with Crippen LogP contribution in [0.5, 0.6) is 0 Å². The van der Waals surface area contributed by atoms with E-state index >= 15 is 0 Å². The van der Waals surface area contributed by atoms with E-state index in [-0.39, 0.29) is 5.91 Å². The molecule has 2 aromatic carbocycles. The van der Waals surface area contributed by atoms with Crippen molar-refractivity contribution in [2.24, 2.45) is 0 Å². The van der Waals surface area contributed by atoms with Crippen LogP contribution in [0.15, 0.2) is 83.6 Å². The number of rotatable bonds is 7. The smallest absolute Gasteiger partial charge is 0.259 e. The van der Waals surface area contributed by atoms with Crippen LogP contribution in [0.3, 0.4) is 0 Å². The Morgan fingerprint density at radius 3 is 2.53 bits per heavy atom. The van der Waals surface area contributed by atoms with Crippen molar-refractivity contribution >= 4 is 17.4 Å². The number of nitrogens with zero attached hydrogens (tertiary/aromatic N) is 4. The lowest BCUT2D eigenvalue weighted by atomic mass is 10.1. The number of anilines is 2. The molecule has 0 fully saturated rings. The van der Waals surface area contributed by atoms with Gasteiger partial charge < -0.3 is 14.2 Å². The van der Waals surface area contributed by atoms with Crippen molar-refractivity contribution < 1.29 is 9.21 Å². The van der Waals surface area contributed by atoms with Gasteiger partial charge in [-0.3, -0.25) is 4.79 Å². The van der Waals surface area contributed by atoms with E-state index in [1.807, 2.05) is 61.5 Å². The van der Waals surface area contributed by atoms with E-state index in [9.17, 15) is 4.79 Å². The van der Waals surface area contributed by atoms with E-state index in [2.05, 4.69) is 28.9 Å². The van der Waals surface area contributed by atoms with Crippen molar-refractivity contribution in [3.8, 4) is 11.4 Å². The van der Waals surface area contributed by atoms with Crippen molar-refractivity contribution in [2.45, 2.75) is 20.4 Å². The van der Waals surface area contributed by atoms with Crippen LogP contribution < -0.4 is 4.90 Å². The monoisotopic (exact) mass is 426 g/mol. The third-order valence-electron chi connectivity index (χ3n) is 5.24. The van der Waals surface area contributed by atoms with Crippen molar-refractivity contribution in [3.63, 3.8) is 0 Å². The van der Waals surface area contributed by atoms with Gasteiger partial charge in [-0.05, 0) is 43.7 Å². The van der Waals surface area contributed by atoms with E-state index in [4.69, 9.17) is 9.40 Å². The fraction of sp³-hybridized carbons (Fsp3) is 0.192.